The first-order valence-electron chi connectivity index (χ1n) is 10.8. The minimum absolute atomic E-state index is 0.197. The average molecular weight is 461 g/mol. The summed E-state index contributed by atoms with van der Waals surface area (Å²) in [5.74, 6) is -0.221. The number of benzene rings is 3. The molecule has 3 aromatic carbocycles. The number of para-hydroxylation sites is 2. The van der Waals surface area contributed by atoms with Crippen LogP contribution in [0.1, 0.15) is 33.4 Å². The number of anilines is 1. The van der Waals surface area contributed by atoms with E-state index in [4.69, 9.17) is 0 Å². The zero-order chi connectivity index (χ0) is 22.2. The van der Waals surface area contributed by atoms with Crippen molar-refractivity contribution < 1.29 is 8.42 Å². The summed E-state index contributed by atoms with van der Waals surface area (Å²) in [6.07, 6.45) is 0. The van der Waals surface area contributed by atoms with E-state index in [0.717, 1.165) is 38.3 Å². The van der Waals surface area contributed by atoms with Crippen LogP contribution in [-0.4, -0.2) is 25.3 Å². The Bertz CT molecular complexity index is 1470. The van der Waals surface area contributed by atoms with Crippen LogP contribution in [0.25, 0.3) is 10.9 Å². The van der Waals surface area contributed by atoms with Gasteiger partial charge in [-0.25, -0.2) is 8.42 Å². The molecule has 2 aliphatic heterocycles. The van der Waals surface area contributed by atoms with E-state index in [1.165, 1.54) is 9.87 Å². The van der Waals surface area contributed by atoms with E-state index in [1.54, 1.807) is 18.8 Å². The van der Waals surface area contributed by atoms with Crippen molar-refractivity contribution in [1.29, 1.82) is 0 Å². The highest BCUT2D eigenvalue weighted by atomic mass is 32.2. The third kappa shape index (κ3) is 2.60. The maximum Gasteiger partial charge on any atom is 0.240 e. The fourth-order valence-corrected chi connectivity index (χ4v) is 9.34. The first-order valence-corrected chi connectivity index (χ1v) is 13.1. The third-order valence-electron chi connectivity index (χ3n) is 7.01. The highest BCUT2D eigenvalue weighted by molar-refractivity contribution is 8.01. The summed E-state index contributed by atoms with van der Waals surface area (Å²) in [6.45, 7) is 2.06. The van der Waals surface area contributed by atoms with Crippen LogP contribution in [0.5, 0.6) is 0 Å². The second-order valence-electron chi connectivity index (χ2n) is 8.76. The molecule has 0 aliphatic carbocycles. The molecule has 6 rings (SSSR count). The standard InChI is InChI=1S/C26H24N2O2S2/c1-16-12-14-17(15-13-16)24-25-22(19-9-5-7-11-21(19)28(3)32(25,29)30)23-18-8-4-6-10-20(18)27(2)26(23)31-24/h4-15,22,24-25H,1-3H3. The molecule has 0 spiro atoms. The lowest BCUT2D eigenvalue weighted by molar-refractivity contribution is 0.547. The first-order chi connectivity index (χ1) is 15.4. The minimum atomic E-state index is -3.58. The summed E-state index contributed by atoms with van der Waals surface area (Å²) in [7, 11) is 0.206. The van der Waals surface area contributed by atoms with E-state index >= 15 is 0 Å². The summed E-state index contributed by atoms with van der Waals surface area (Å²) >= 11 is 1.69. The van der Waals surface area contributed by atoms with Gasteiger partial charge >= 0.3 is 0 Å². The van der Waals surface area contributed by atoms with Crippen LogP contribution >= 0.6 is 11.8 Å². The minimum Gasteiger partial charge on any atom is -0.339 e. The maximum absolute atomic E-state index is 14.0. The number of thioether (sulfide) groups is 1. The largest absolute Gasteiger partial charge is 0.339 e. The fraction of sp³-hybridized carbons (Fsp3) is 0.231. The molecule has 4 aromatic rings. The van der Waals surface area contributed by atoms with E-state index in [-0.39, 0.29) is 11.2 Å². The van der Waals surface area contributed by atoms with Gasteiger partial charge in [0.15, 0.2) is 0 Å². The van der Waals surface area contributed by atoms with Crippen molar-refractivity contribution in [2.24, 2.45) is 7.05 Å². The molecule has 0 radical (unpaired) electrons. The fourth-order valence-electron chi connectivity index (χ4n) is 5.40. The number of hydrogen-bond donors (Lipinski definition) is 0. The number of nitrogens with zero attached hydrogens (tertiary/aromatic N) is 2. The van der Waals surface area contributed by atoms with E-state index in [1.807, 2.05) is 30.3 Å². The molecule has 6 heteroatoms. The molecule has 0 N–H and O–H groups in total. The second-order valence-corrected chi connectivity index (χ2v) is 12.0. The van der Waals surface area contributed by atoms with E-state index in [2.05, 4.69) is 61.0 Å². The Kier molecular flexibility index (Phi) is 4.30. The quantitative estimate of drug-likeness (QED) is 0.371. The number of fused-ring (bicyclic) bond motifs is 7. The summed E-state index contributed by atoms with van der Waals surface area (Å²) < 4.78 is 31.8. The zero-order valence-corrected chi connectivity index (χ0v) is 19.8. The molecular weight excluding hydrogens is 436 g/mol. The van der Waals surface area contributed by atoms with Crippen LogP contribution in [0.4, 0.5) is 5.69 Å². The van der Waals surface area contributed by atoms with Crippen molar-refractivity contribution in [2.45, 2.75) is 28.4 Å². The molecule has 32 heavy (non-hydrogen) atoms. The molecule has 3 heterocycles. The Labute approximate surface area is 192 Å². The van der Waals surface area contributed by atoms with Gasteiger partial charge in [0.2, 0.25) is 10.0 Å². The Morgan fingerprint density at radius 3 is 2.34 bits per heavy atom. The normalized spacial score (nSPS) is 23.5. The van der Waals surface area contributed by atoms with Gasteiger partial charge in [0.1, 0.15) is 5.25 Å². The van der Waals surface area contributed by atoms with Gasteiger partial charge in [-0.15, -0.1) is 0 Å². The summed E-state index contributed by atoms with van der Waals surface area (Å²) in [5, 5.41) is 1.53. The molecular formula is C26H24N2O2S2. The van der Waals surface area contributed by atoms with Gasteiger partial charge in [-0.05, 0) is 30.2 Å². The van der Waals surface area contributed by atoms with Crippen LogP contribution < -0.4 is 4.31 Å². The number of sulfonamides is 1. The van der Waals surface area contributed by atoms with E-state index < -0.39 is 15.3 Å². The Morgan fingerprint density at radius 2 is 1.56 bits per heavy atom. The lowest BCUT2D eigenvalue weighted by atomic mass is 9.83. The van der Waals surface area contributed by atoms with Crippen LogP contribution in [0, 0.1) is 6.92 Å². The van der Waals surface area contributed by atoms with Crippen molar-refractivity contribution in [3.63, 3.8) is 0 Å². The van der Waals surface area contributed by atoms with Crippen LogP contribution in [0.2, 0.25) is 0 Å². The number of aromatic nitrogens is 1. The summed E-state index contributed by atoms with van der Waals surface area (Å²) in [4.78, 5) is 0. The van der Waals surface area contributed by atoms with Gasteiger partial charge in [-0.3, -0.25) is 4.31 Å². The SMILES string of the molecule is Cc1ccc(C2Sc3c(c4ccccc4n3C)C3c4ccccc4N(C)S(=O)(=O)C23)cc1. The lowest BCUT2D eigenvalue weighted by Crippen LogP contribution is -2.48. The van der Waals surface area contributed by atoms with Crippen molar-refractivity contribution >= 4 is 38.4 Å². The summed E-state index contributed by atoms with van der Waals surface area (Å²) in [6, 6.07) is 24.7. The van der Waals surface area contributed by atoms with Gasteiger partial charge in [-0.2, -0.15) is 0 Å². The molecule has 0 bridgehead atoms. The molecule has 0 amide bonds. The van der Waals surface area contributed by atoms with Gasteiger partial charge in [0, 0.05) is 36.5 Å². The number of hydrogen-bond acceptors (Lipinski definition) is 3. The lowest BCUT2D eigenvalue weighted by Gasteiger charge is -2.45. The van der Waals surface area contributed by atoms with Crippen LogP contribution in [0.3, 0.4) is 0 Å². The monoisotopic (exact) mass is 460 g/mol. The number of rotatable bonds is 1. The molecule has 0 saturated heterocycles. The van der Waals surface area contributed by atoms with Gasteiger partial charge in [0.25, 0.3) is 0 Å². The maximum atomic E-state index is 14.0. The molecule has 4 nitrogen and oxygen atoms in total. The smallest absolute Gasteiger partial charge is 0.240 e. The zero-order valence-electron chi connectivity index (χ0n) is 18.2. The Hall–Kier alpha value is -2.70. The highest BCUT2D eigenvalue weighted by Gasteiger charge is 2.53. The third-order valence-corrected chi connectivity index (χ3v) is 10.9. The van der Waals surface area contributed by atoms with Gasteiger partial charge in [0.05, 0.1) is 16.0 Å². The van der Waals surface area contributed by atoms with Crippen molar-refractivity contribution in [1.82, 2.24) is 4.57 Å². The molecule has 2 aliphatic rings. The topological polar surface area (TPSA) is 42.3 Å². The second kappa shape index (κ2) is 6.90. The Balaban J connectivity index is 1.72. The molecule has 162 valence electrons. The van der Waals surface area contributed by atoms with E-state index in [0.29, 0.717) is 0 Å². The van der Waals surface area contributed by atoms with E-state index in [9.17, 15) is 8.42 Å². The van der Waals surface area contributed by atoms with Crippen molar-refractivity contribution in [3.8, 4) is 0 Å². The van der Waals surface area contributed by atoms with Crippen molar-refractivity contribution in [2.75, 3.05) is 11.4 Å². The highest BCUT2D eigenvalue weighted by Crippen LogP contribution is 2.60. The molecule has 0 fully saturated rings. The van der Waals surface area contributed by atoms with Crippen LogP contribution in [-0.2, 0) is 17.1 Å². The Morgan fingerprint density at radius 1 is 0.875 bits per heavy atom. The molecule has 3 atom stereocenters. The van der Waals surface area contributed by atoms with Crippen molar-refractivity contribution in [3.05, 3.63) is 95.1 Å². The van der Waals surface area contributed by atoms with Gasteiger partial charge < -0.3 is 4.57 Å². The van der Waals surface area contributed by atoms with Gasteiger partial charge in [-0.1, -0.05) is 78.0 Å². The molecule has 1 aromatic heterocycles. The van der Waals surface area contributed by atoms with Crippen LogP contribution in [0.15, 0.2) is 77.8 Å². The predicted octanol–water partition coefficient (Wildman–Crippen LogP) is 5.61. The molecule has 3 unspecified atom stereocenters. The first kappa shape index (κ1) is 19.9. The average Bonchev–Trinajstić information content (AvgIpc) is 3.09. The predicted molar refractivity (Wildman–Crippen MR) is 132 cm³/mol. The number of aryl methyl sites for hydroxylation is 2. The summed E-state index contributed by atoms with van der Waals surface area (Å²) in [5.41, 5.74) is 6.38. The molecule has 0 saturated carbocycles.